The molecule has 0 unspecified atom stereocenters. The van der Waals surface area contributed by atoms with Gasteiger partial charge in [0, 0.05) is 67.8 Å². The number of hydrogen-bond donors (Lipinski definition) is 0. The molecule has 2 amide bonds. The van der Waals surface area contributed by atoms with Gasteiger partial charge < -0.3 is 14.4 Å². The molecular weight excluding hydrogens is 452 g/mol. The van der Waals surface area contributed by atoms with Crippen molar-refractivity contribution in [3.8, 4) is 0 Å². The number of rotatable bonds is 4. The number of fused-ring (bicyclic) bond motifs is 1. The fraction of sp³-hybridized carbons (Fsp3) is 0.600. The number of nitrogens with zero attached hydrogens (tertiary/aromatic N) is 4. The molecule has 0 bridgehead atoms. The predicted octanol–water partition coefficient (Wildman–Crippen LogP) is 2.65. The van der Waals surface area contributed by atoms with E-state index in [1.807, 2.05) is 47.6 Å². The molecule has 0 radical (unpaired) electrons. The molecule has 2 saturated heterocycles. The van der Waals surface area contributed by atoms with E-state index in [4.69, 9.17) is 0 Å². The Morgan fingerprint density at radius 3 is 2.12 bits per heavy atom. The van der Waals surface area contributed by atoms with Crippen LogP contribution in [0.2, 0.25) is 0 Å². The van der Waals surface area contributed by atoms with Crippen LogP contribution in [0.5, 0.6) is 0 Å². The molecule has 34 heavy (non-hydrogen) atoms. The summed E-state index contributed by atoms with van der Waals surface area (Å²) in [5, 5.41) is 0.853. The normalized spacial score (nSPS) is 19.7. The second kappa shape index (κ2) is 9.70. The lowest BCUT2D eigenvalue weighted by atomic mass is 10.1. The van der Waals surface area contributed by atoms with Crippen molar-refractivity contribution in [1.29, 1.82) is 0 Å². The van der Waals surface area contributed by atoms with Crippen LogP contribution >= 0.6 is 0 Å². The van der Waals surface area contributed by atoms with Gasteiger partial charge >= 0.3 is 0 Å². The zero-order valence-electron chi connectivity index (χ0n) is 20.7. The van der Waals surface area contributed by atoms with Gasteiger partial charge in [-0.15, -0.1) is 0 Å². The van der Waals surface area contributed by atoms with Crippen molar-refractivity contribution in [2.24, 2.45) is 0 Å². The third kappa shape index (κ3) is 5.00. The number of amides is 2. The molecule has 2 aromatic rings. The number of carbonyl (C=O) groups is 2. The summed E-state index contributed by atoms with van der Waals surface area (Å²) < 4.78 is 25.6. The molecule has 0 N–H and O–H groups in total. The monoisotopic (exact) mass is 488 g/mol. The van der Waals surface area contributed by atoms with Crippen LogP contribution in [-0.2, 0) is 9.84 Å². The molecule has 1 aromatic carbocycles. The van der Waals surface area contributed by atoms with Crippen molar-refractivity contribution in [3.63, 3.8) is 0 Å². The lowest BCUT2D eigenvalue weighted by Crippen LogP contribution is -2.44. The number of sulfone groups is 1. The predicted molar refractivity (Wildman–Crippen MR) is 134 cm³/mol. The molecule has 3 heterocycles. The van der Waals surface area contributed by atoms with Crippen LogP contribution in [0.15, 0.2) is 24.3 Å². The van der Waals surface area contributed by atoms with Crippen LogP contribution < -0.4 is 0 Å². The highest BCUT2D eigenvalue weighted by Crippen LogP contribution is 2.27. The maximum atomic E-state index is 13.3. The largest absolute Gasteiger partial charge is 0.337 e. The highest BCUT2D eigenvalue weighted by molar-refractivity contribution is 7.91. The molecule has 2 aliphatic heterocycles. The summed E-state index contributed by atoms with van der Waals surface area (Å²) in [5.74, 6) is -0.125. The standard InChI is InChI=1S/C25H36N4O4S/c1-18(2)26-8-5-9-27(11-10-26)24(30)20-6-7-22-21(16-20)17-23(29(22)19(3)4)25(31)28-12-14-34(32,33)15-13-28/h6-7,16-19H,5,8-15H2,1-4H3. The van der Waals surface area contributed by atoms with Crippen molar-refractivity contribution >= 4 is 32.6 Å². The molecule has 0 spiro atoms. The second-order valence-corrected chi connectivity index (χ2v) is 12.3. The Balaban J connectivity index is 1.60. The summed E-state index contributed by atoms with van der Waals surface area (Å²) in [7, 11) is -3.07. The molecule has 0 aliphatic carbocycles. The van der Waals surface area contributed by atoms with Gasteiger partial charge in [-0.3, -0.25) is 14.5 Å². The maximum Gasteiger partial charge on any atom is 0.270 e. The minimum atomic E-state index is -3.07. The zero-order chi connectivity index (χ0) is 24.6. The lowest BCUT2D eigenvalue weighted by molar-refractivity contribution is 0.0751. The average molecular weight is 489 g/mol. The topological polar surface area (TPSA) is 82.9 Å². The molecule has 0 saturated carbocycles. The van der Waals surface area contributed by atoms with E-state index in [2.05, 4.69) is 18.7 Å². The Bertz CT molecular complexity index is 1170. The van der Waals surface area contributed by atoms with E-state index in [1.165, 1.54) is 0 Å². The quantitative estimate of drug-likeness (QED) is 0.661. The summed E-state index contributed by atoms with van der Waals surface area (Å²) >= 11 is 0. The van der Waals surface area contributed by atoms with Crippen LogP contribution in [0, 0.1) is 0 Å². The molecule has 1 aromatic heterocycles. The van der Waals surface area contributed by atoms with Crippen molar-refractivity contribution in [3.05, 3.63) is 35.5 Å². The maximum absolute atomic E-state index is 13.3. The van der Waals surface area contributed by atoms with Crippen LogP contribution in [0.3, 0.4) is 0 Å². The van der Waals surface area contributed by atoms with Crippen molar-refractivity contribution in [2.75, 3.05) is 50.8 Å². The second-order valence-electron chi connectivity index (χ2n) is 9.99. The number of benzene rings is 1. The first-order chi connectivity index (χ1) is 16.1. The van der Waals surface area contributed by atoms with Gasteiger partial charge in [-0.05, 0) is 58.4 Å². The van der Waals surface area contributed by atoms with Crippen molar-refractivity contribution in [1.82, 2.24) is 19.3 Å². The summed E-state index contributed by atoms with van der Waals surface area (Å²) in [4.78, 5) is 32.6. The first-order valence-electron chi connectivity index (χ1n) is 12.3. The third-order valence-electron chi connectivity index (χ3n) is 7.00. The van der Waals surface area contributed by atoms with Crippen LogP contribution in [0.1, 0.15) is 61.0 Å². The minimum absolute atomic E-state index is 0.00334. The first-order valence-corrected chi connectivity index (χ1v) is 14.1. The average Bonchev–Trinajstić information content (AvgIpc) is 2.99. The number of aromatic nitrogens is 1. The van der Waals surface area contributed by atoms with Gasteiger partial charge in [0.25, 0.3) is 11.8 Å². The fourth-order valence-corrected chi connectivity index (χ4v) is 6.21. The summed E-state index contributed by atoms with van der Waals surface area (Å²) in [6.45, 7) is 12.2. The van der Waals surface area contributed by atoms with Crippen molar-refractivity contribution < 1.29 is 18.0 Å². The molecule has 0 atom stereocenters. The molecule has 2 aliphatic rings. The lowest BCUT2D eigenvalue weighted by Gasteiger charge is -2.27. The summed E-state index contributed by atoms with van der Waals surface area (Å²) in [6.07, 6.45) is 0.958. The Morgan fingerprint density at radius 2 is 1.47 bits per heavy atom. The van der Waals surface area contributed by atoms with Crippen LogP contribution in [0.25, 0.3) is 10.9 Å². The fourth-order valence-electron chi connectivity index (χ4n) is 5.01. The minimum Gasteiger partial charge on any atom is -0.337 e. The van der Waals surface area contributed by atoms with Crippen molar-refractivity contribution in [2.45, 2.75) is 46.2 Å². The van der Waals surface area contributed by atoms with Gasteiger partial charge in [0.2, 0.25) is 0 Å². The summed E-state index contributed by atoms with van der Waals surface area (Å²) in [5.41, 5.74) is 2.08. The van der Waals surface area contributed by atoms with E-state index in [1.54, 1.807) is 4.90 Å². The molecule has 186 valence electrons. The van der Waals surface area contributed by atoms with E-state index in [-0.39, 0.29) is 42.5 Å². The van der Waals surface area contributed by atoms with E-state index in [9.17, 15) is 18.0 Å². The van der Waals surface area contributed by atoms with E-state index < -0.39 is 9.84 Å². The summed E-state index contributed by atoms with van der Waals surface area (Å²) in [6, 6.07) is 8.03. The Kier molecular flexibility index (Phi) is 7.05. The smallest absolute Gasteiger partial charge is 0.270 e. The highest BCUT2D eigenvalue weighted by Gasteiger charge is 2.29. The van der Waals surface area contributed by atoms with Crippen LogP contribution in [-0.4, -0.2) is 96.3 Å². The molecular formula is C25H36N4O4S. The molecule has 2 fully saturated rings. The highest BCUT2D eigenvalue weighted by atomic mass is 32.2. The molecule has 8 nitrogen and oxygen atoms in total. The van der Waals surface area contributed by atoms with Gasteiger partial charge in [0.1, 0.15) is 5.69 Å². The van der Waals surface area contributed by atoms with Gasteiger partial charge in [0.05, 0.1) is 11.5 Å². The number of hydrogen-bond acceptors (Lipinski definition) is 5. The SMILES string of the molecule is CC(C)N1CCCN(C(=O)c2ccc3c(c2)cc(C(=O)N2CCS(=O)(=O)CC2)n3C(C)C)CC1. The van der Waals surface area contributed by atoms with Gasteiger partial charge in [-0.25, -0.2) is 8.42 Å². The van der Waals surface area contributed by atoms with E-state index >= 15 is 0 Å². The zero-order valence-corrected chi connectivity index (χ0v) is 21.5. The molecule has 4 rings (SSSR count). The van der Waals surface area contributed by atoms with Crippen LogP contribution in [0.4, 0.5) is 0 Å². The first kappa shape index (κ1) is 24.7. The molecule has 9 heteroatoms. The van der Waals surface area contributed by atoms with Gasteiger partial charge in [-0.2, -0.15) is 0 Å². The Morgan fingerprint density at radius 1 is 0.794 bits per heavy atom. The van der Waals surface area contributed by atoms with E-state index in [0.717, 1.165) is 37.0 Å². The van der Waals surface area contributed by atoms with Gasteiger partial charge in [-0.1, -0.05) is 0 Å². The van der Waals surface area contributed by atoms with E-state index in [0.29, 0.717) is 23.8 Å². The Labute approximate surface area is 202 Å². The third-order valence-corrected chi connectivity index (χ3v) is 8.61. The van der Waals surface area contributed by atoms with Gasteiger partial charge in [0.15, 0.2) is 9.84 Å². The number of carbonyl (C=O) groups excluding carboxylic acids is 2. The Hall–Kier alpha value is -2.39.